The van der Waals surface area contributed by atoms with E-state index in [9.17, 15) is 0 Å². The predicted octanol–water partition coefficient (Wildman–Crippen LogP) is 2.97. The van der Waals surface area contributed by atoms with Crippen molar-refractivity contribution in [1.82, 2.24) is 30.0 Å². The molecule has 2 N–H and O–H groups in total. The Morgan fingerprint density at radius 1 is 1.22 bits per heavy atom. The number of para-hydroxylation sites is 2. The molecule has 120 valence electrons. The fraction of sp³-hybridized carbons (Fsp3) is 0.471. The second-order valence-electron chi connectivity index (χ2n) is 6.17. The monoisotopic (exact) mass is 310 g/mol. The van der Waals surface area contributed by atoms with Gasteiger partial charge in [0.15, 0.2) is 0 Å². The molecule has 1 aliphatic heterocycles. The summed E-state index contributed by atoms with van der Waals surface area (Å²) in [5.41, 5.74) is 2.15. The van der Waals surface area contributed by atoms with E-state index < -0.39 is 0 Å². The number of imidazole rings is 1. The Morgan fingerprint density at radius 2 is 2.13 bits per heavy atom. The second kappa shape index (κ2) is 6.12. The summed E-state index contributed by atoms with van der Waals surface area (Å²) in [7, 11) is 0. The maximum atomic E-state index is 4.81. The van der Waals surface area contributed by atoms with E-state index in [1.54, 1.807) is 0 Å². The topological polar surface area (TPSA) is 73.5 Å². The van der Waals surface area contributed by atoms with Gasteiger partial charge in [-0.25, -0.2) is 9.97 Å². The second-order valence-corrected chi connectivity index (χ2v) is 6.17. The number of benzene rings is 1. The Labute approximate surface area is 135 Å². The maximum absolute atomic E-state index is 4.81. The minimum absolute atomic E-state index is 0.325. The zero-order valence-electron chi connectivity index (χ0n) is 13.4. The highest BCUT2D eigenvalue weighted by Crippen LogP contribution is 2.31. The fourth-order valence-corrected chi connectivity index (χ4v) is 3.38. The van der Waals surface area contributed by atoms with Crippen LogP contribution in [0.3, 0.4) is 0 Å². The lowest BCUT2D eigenvalue weighted by Crippen LogP contribution is -2.33. The molecule has 0 spiro atoms. The first-order valence-corrected chi connectivity index (χ1v) is 8.42. The van der Waals surface area contributed by atoms with Crippen LogP contribution in [0.5, 0.6) is 0 Å². The van der Waals surface area contributed by atoms with E-state index in [0.717, 1.165) is 54.4 Å². The summed E-state index contributed by atoms with van der Waals surface area (Å²) in [4.78, 5) is 15.3. The van der Waals surface area contributed by atoms with Crippen molar-refractivity contribution in [3.63, 3.8) is 0 Å². The maximum Gasteiger partial charge on any atom is 0.150 e. The molecule has 1 aromatic carbocycles. The van der Waals surface area contributed by atoms with Crippen LogP contribution in [0.25, 0.3) is 11.0 Å². The summed E-state index contributed by atoms with van der Waals surface area (Å²) in [6.45, 7) is 3.95. The van der Waals surface area contributed by atoms with E-state index in [-0.39, 0.29) is 0 Å². The van der Waals surface area contributed by atoms with Gasteiger partial charge >= 0.3 is 0 Å². The number of aromatic amines is 2. The van der Waals surface area contributed by atoms with Crippen molar-refractivity contribution in [1.29, 1.82) is 0 Å². The molecule has 0 saturated carbocycles. The Balaban J connectivity index is 1.59. The molecule has 4 rings (SSSR count). The number of nitrogens with zero attached hydrogens (tertiary/aromatic N) is 4. The molecule has 23 heavy (non-hydrogen) atoms. The Morgan fingerprint density at radius 3 is 2.96 bits per heavy atom. The van der Waals surface area contributed by atoms with Gasteiger partial charge in [-0.1, -0.05) is 25.5 Å². The SMILES string of the molecule is CCc1n[nH]c(CN2CCCCC2c2nc3ccccc3[nH]2)n1. The Hall–Kier alpha value is -2.21. The van der Waals surface area contributed by atoms with Gasteiger partial charge in [-0.3, -0.25) is 10.00 Å². The van der Waals surface area contributed by atoms with Gasteiger partial charge in [-0.2, -0.15) is 5.10 Å². The Kier molecular flexibility index (Phi) is 3.83. The van der Waals surface area contributed by atoms with Crippen LogP contribution in [0, 0.1) is 0 Å². The molecule has 0 amide bonds. The number of piperidine rings is 1. The van der Waals surface area contributed by atoms with E-state index in [2.05, 4.69) is 44.1 Å². The van der Waals surface area contributed by atoms with Crippen molar-refractivity contribution in [3.8, 4) is 0 Å². The lowest BCUT2D eigenvalue weighted by molar-refractivity contribution is 0.131. The molecule has 1 aliphatic rings. The van der Waals surface area contributed by atoms with E-state index >= 15 is 0 Å². The zero-order valence-corrected chi connectivity index (χ0v) is 13.4. The van der Waals surface area contributed by atoms with Crippen molar-refractivity contribution in [2.24, 2.45) is 0 Å². The van der Waals surface area contributed by atoms with Gasteiger partial charge in [0.05, 0.1) is 23.6 Å². The van der Waals surface area contributed by atoms with Crippen LogP contribution in [0.1, 0.15) is 49.7 Å². The lowest BCUT2D eigenvalue weighted by atomic mass is 10.0. The van der Waals surface area contributed by atoms with Crippen LogP contribution in [0.2, 0.25) is 0 Å². The van der Waals surface area contributed by atoms with Gasteiger partial charge in [0.25, 0.3) is 0 Å². The number of fused-ring (bicyclic) bond motifs is 1. The average molecular weight is 310 g/mol. The zero-order chi connectivity index (χ0) is 15.6. The summed E-state index contributed by atoms with van der Waals surface area (Å²) >= 11 is 0. The number of aromatic nitrogens is 5. The number of rotatable bonds is 4. The lowest BCUT2D eigenvalue weighted by Gasteiger charge is -2.33. The molecule has 3 aromatic rings. The first kappa shape index (κ1) is 14.4. The summed E-state index contributed by atoms with van der Waals surface area (Å²) in [6, 6.07) is 8.55. The highest BCUT2D eigenvalue weighted by Gasteiger charge is 2.27. The van der Waals surface area contributed by atoms with Crippen molar-refractivity contribution >= 4 is 11.0 Å². The fourth-order valence-electron chi connectivity index (χ4n) is 3.38. The van der Waals surface area contributed by atoms with E-state index in [0.29, 0.717) is 6.04 Å². The molecule has 0 aliphatic carbocycles. The molecule has 3 heterocycles. The number of hydrogen-bond acceptors (Lipinski definition) is 4. The van der Waals surface area contributed by atoms with Crippen molar-refractivity contribution < 1.29 is 0 Å². The number of hydrogen-bond donors (Lipinski definition) is 2. The molecule has 1 unspecified atom stereocenters. The van der Waals surface area contributed by atoms with Crippen LogP contribution in [0.4, 0.5) is 0 Å². The first-order chi connectivity index (χ1) is 11.3. The molecule has 2 aromatic heterocycles. The van der Waals surface area contributed by atoms with Crippen molar-refractivity contribution in [2.45, 2.75) is 45.2 Å². The third-order valence-corrected chi connectivity index (χ3v) is 4.58. The molecule has 6 heteroatoms. The quantitative estimate of drug-likeness (QED) is 0.777. The van der Waals surface area contributed by atoms with Crippen LogP contribution in [-0.2, 0) is 13.0 Å². The Bertz CT molecular complexity index is 756. The van der Waals surface area contributed by atoms with E-state index in [1.165, 1.54) is 12.8 Å². The molecule has 0 bridgehead atoms. The van der Waals surface area contributed by atoms with Gasteiger partial charge in [0.2, 0.25) is 0 Å². The largest absolute Gasteiger partial charge is 0.341 e. The van der Waals surface area contributed by atoms with Crippen LogP contribution < -0.4 is 0 Å². The van der Waals surface area contributed by atoms with Gasteiger partial charge in [0.1, 0.15) is 17.5 Å². The van der Waals surface area contributed by atoms with Crippen molar-refractivity contribution in [2.75, 3.05) is 6.54 Å². The predicted molar refractivity (Wildman–Crippen MR) is 88.9 cm³/mol. The number of nitrogens with one attached hydrogen (secondary N) is 2. The molecular weight excluding hydrogens is 288 g/mol. The van der Waals surface area contributed by atoms with Crippen LogP contribution in [0.15, 0.2) is 24.3 Å². The molecular formula is C17H22N6. The third kappa shape index (κ3) is 2.86. The summed E-state index contributed by atoms with van der Waals surface area (Å²) in [5.74, 6) is 2.91. The number of likely N-dealkylation sites (tertiary alicyclic amines) is 1. The molecule has 1 atom stereocenters. The smallest absolute Gasteiger partial charge is 0.150 e. The third-order valence-electron chi connectivity index (χ3n) is 4.58. The number of aryl methyl sites for hydroxylation is 1. The highest BCUT2D eigenvalue weighted by atomic mass is 15.3. The molecule has 6 nitrogen and oxygen atoms in total. The minimum atomic E-state index is 0.325. The van der Waals surface area contributed by atoms with Gasteiger partial charge in [-0.15, -0.1) is 0 Å². The normalized spacial score (nSPS) is 19.4. The van der Waals surface area contributed by atoms with Crippen LogP contribution in [-0.4, -0.2) is 36.6 Å². The molecule has 0 radical (unpaired) electrons. The number of H-pyrrole nitrogens is 2. The van der Waals surface area contributed by atoms with Gasteiger partial charge in [-0.05, 0) is 31.5 Å². The van der Waals surface area contributed by atoms with E-state index in [4.69, 9.17) is 4.98 Å². The van der Waals surface area contributed by atoms with Crippen molar-refractivity contribution in [3.05, 3.63) is 41.7 Å². The first-order valence-electron chi connectivity index (χ1n) is 8.42. The minimum Gasteiger partial charge on any atom is -0.341 e. The molecule has 1 fully saturated rings. The summed E-state index contributed by atoms with van der Waals surface area (Å²) in [6.07, 6.45) is 4.47. The molecule has 1 saturated heterocycles. The summed E-state index contributed by atoms with van der Waals surface area (Å²) in [5, 5.41) is 7.32. The summed E-state index contributed by atoms with van der Waals surface area (Å²) < 4.78 is 0. The highest BCUT2D eigenvalue weighted by molar-refractivity contribution is 5.74. The van der Waals surface area contributed by atoms with Gasteiger partial charge < -0.3 is 4.98 Å². The van der Waals surface area contributed by atoms with Gasteiger partial charge in [0, 0.05) is 6.42 Å². The van der Waals surface area contributed by atoms with Crippen LogP contribution >= 0.6 is 0 Å². The van der Waals surface area contributed by atoms with E-state index in [1.807, 2.05) is 12.1 Å². The standard InChI is InChI=1S/C17H22N6/c1-2-15-20-16(22-21-15)11-23-10-6-5-9-14(23)17-18-12-7-3-4-8-13(12)19-17/h3-4,7-8,14H,2,5-6,9-11H2,1H3,(H,18,19)(H,20,21,22). The average Bonchev–Trinajstić information content (AvgIpc) is 3.21.